The Hall–Kier alpha value is -9.45. The molecule has 10 aromatic carbocycles. The van der Waals surface area contributed by atoms with E-state index in [-0.39, 0.29) is 22.8 Å². The Kier molecular flexibility index (Phi) is 9.40. The molecule has 1 aliphatic heterocycles. The van der Waals surface area contributed by atoms with Crippen molar-refractivity contribution in [2.75, 3.05) is 16.5 Å². The Morgan fingerprint density at radius 3 is 1.79 bits per heavy atom. The van der Waals surface area contributed by atoms with Crippen LogP contribution >= 0.6 is 0 Å². The van der Waals surface area contributed by atoms with Crippen LogP contribution in [-0.2, 0) is 16.4 Å². The summed E-state index contributed by atoms with van der Waals surface area (Å²) in [6.07, 6.45) is 1.72. The quantitative estimate of drug-likeness (QED) is 0.159. The van der Waals surface area contributed by atoms with Gasteiger partial charge in [-0.25, -0.2) is 4.98 Å². The van der Waals surface area contributed by atoms with Gasteiger partial charge >= 0.3 is 0 Å². The van der Waals surface area contributed by atoms with Crippen molar-refractivity contribution in [2.24, 2.45) is 0 Å². The number of ether oxygens (including phenoxy) is 1. The highest BCUT2D eigenvalue weighted by Gasteiger charge is 2.66. The Morgan fingerprint density at radius 1 is 0.512 bits per heavy atom. The van der Waals surface area contributed by atoms with Crippen LogP contribution in [0.4, 0.5) is 17.1 Å². The van der Waals surface area contributed by atoms with E-state index < -0.39 is 17.8 Å². The number of rotatable bonds is 7. The lowest BCUT2D eigenvalue weighted by molar-refractivity contribution is 0.345. The van der Waals surface area contributed by atoms with E-state index in [9.17, 15) is 0 Å². The van der Waals surface area contributed by atoms with E-state index in [4.69, 9.17) is 13.8 Å². The van der Waals surface area contributed by atoms with Crippen molar-refractivity contribution in [1.82, 2.24) is 9.55 Å². The lowest BCUT2D eigenvalue weighted by Gasteiger charge is -2.63. The third-order valence-electron chi connectivity index (χ3n) is 18.2. The minimum atomic E-state index is -2.40. The highest BCUT2D eigenvalue weighted by Crippen LogP contribution is 2.71. The number of para-hydroxylation sites is 3. The van der Waals surface area contributed by atoms with Gasteiger partial charge in [-0.1, -0.05) is 209 Å². The van der Waals surface area contributed by atoms with Crippen molar-refractivity contribution in [2.45, 2.75) is 55.8 Å². The average Bonchev–Trinajstić information content (AvgIpc) is 1.26. The topological polar surface area (TPSA) is 33.5 Å². The number of aryl methyl sites for hydroxylation is 1. The molecule has 0 fully saturated rings. The zero-order valence-electron chi connectivity index (χ0n) is 47.8. The molecular weight excluding hydrogens is 973 g/mol. The van der Waals surface area contributed by atoms with Crippen LogP contribution in [0.1, 0.15) is 97.9 Å². The molecule has 6 aliphatic carbocycles. The van der Waals surface area contributed by atoms with Gasteiger partial charge in [-0.3, -0.25) is 4.57 Å². The molecule has 2 aromatic heterocycles. The highest BCUT2D eigenvalue weighted by atomic mass is 16.5. The fourth-order valence-corrected chi connectivity index (χ4v) is 15.0. The summed E-state index contributed by atoms with van der Waals surface area (Å²) >= 11 is 0. The number of hydrogen-bond donors (Lipinski definition) is 0. The monoisotopic (exact) mass is 1030 g/mol. The molecule has 5 heteroatoms. The van der Waals surface area contributed by atoms with Gasteiger partial charge in [0.25, 0.3) is 0 Å². The third-order valence-corrected chi connectivity index (χ3v) is 18.2. The third kappa shape index (κ3) is 6.43. The van der Waals surface area contributed by atoms with E-state index in [1.165, 1.54) is 55.6 Å². The van der Waals surface area contributed by atoms with Crippen LogP contribution in [0.3, 0.4) is 0 Å². The minimum Gasteiger partial charge on any atom is -0.457 e. The second kappa shape index (κ2) is 17.3. The molecule has 0 amide bonds. The molecule has 384 valence electrons. The van der Waals surface area contributed by atoms with Gasteiger partial charge in [-0.05, 0) is 128 Å². The number of fused-ring (bicyclic) bond motifs is 4. The highest BCUT2D eigenvalue weighted by molar-refractivity contribution is 6.09. The first-order valence-corrected chi connectivity index (χ1v) is 27.9. The molecular formula is C75H58N4O. The van der Waals surface area contributed by atoms with Crippen LogP contribution in [0.25, 0.3) is 38.8 Å². The smallest absolute Gasteiger partial charge is 0.137 e. The summed E-state index contributed by atoms with van der Waals surface area (Å²) in [5, 5.41) is 2.04. The van der Waals surface area contributed by atoms with Crippen molar-refractivity contribution in [3.8, 4) is 28.4 Å². The van der Waals surface area contributed by atoms with Gasteiger partial charge in [0.05, 0.1) is 34.5 Å². The molecule has 5 nitrogen and oxygen atoms in total. The molecule has 12 aromatic rings. The Bertz CT molecular complexity index is 4500. The number of aromatic nitrogens is 2. The predicted molar refractivity (Wildman–Crippen MR) is 326 cm³/mol. The number of nitrogens with zero attached hydrogens (tertiary/aromatic N) is 4. The average molecular weight is 1030 g/mol. The SMILES string of the molecule is [2H]C([2H])([2H])c1cc(-n2c3ccccc3c3ccc(Oc4cccc(N5CN(C67c8ccccc8C(c8ccccc8)(c8ccccc86)C6c8ccccc8C7c7ccccc76)c6ccccc65)c4)cc32)ncc1-c1ccc(C(C)(C)C)cc1. The maximum Gasteiger partial charge on any atom is 0.137 e. The molecule has 80 heavy (non-hydrogen) atoms. The molecule has 0 saturated heterocycles. The normalized spacial score (nSPS) is 20.0. The zero-order chi connectivity index (χ0) is 56.0. The van der Waals surface area contributed by atoms with E-state index in [0.717, 1.165) is 44.4 Å². The first-order valence-electron chi connectivity index (χ1n) is 29.4. The Labute approximate surface area is 471 Å². The van der Waals surface area contributed by atoms with Gasteiger partial charge in [-0.15, -0.1) is 0 Å². The van der Waals surface area contributed by atoms with Crippen molar-refractivity contribution < 1.29 is 8.85 Å². The van der Waals surface area contributed by atoms with Gasteiger partial charge in [0.2, 0.25) is 0 Å². The summed E-state index contributed by atoms with van der Waals surface area (Å²) in [5.41, 5.74) is 18.7. The number of pyridine rings is 1. The minimum absolute atomic E-state index is 0.0170. The van der Waals surface area contributed by atoms with E-state index >= 15 is 0 Å². The summed E-state index contributed by atoms with van der Waals surface area (Å²) in [6.45, 7) is 4.69. The van der Waals surface area contributed by atoms with Gasteiger partial charge in [0.1, 0.15) is 22.9 Å². The molecule has 0 radical (unpaired) electrons. The van der Waals surface area contributed by atoms with Crippen LogP contribution in [0.2, 0.25) is 0 Å². The van der Waals surface area contributed by atoms with E-state index in [2.05, 4.69) is 241 Å². The van der Waals surface area contributed by atoms with Crippen LogP contribution in [0.5, 0.6) is 11.5 Å². The molecule has 19 rings (SSSR count). The molecule has 0 atom stereocenters. The molecule has 0 saturated carbocycles. The van der Waals surface area contributed by atoms with Crippen LogP contribution in [-0.4, -0.2) is 16.2 Å². The maximum absolute atomic E-state index is 8.77. The van der Waals surface area contributed by atoms with Crippen molar-refractivity contribution >= 4 is 38.9 Å². The summed E-state index contributed by atoms with van der Waals surface area (Å²) in [7, 11) is 0. The van der Waals surface area contributed by atoms with Crippen molar-refractivity contribution in [3.63, 3.8) is 0 Å². The van der Waals surface area contributed by atoms with E-state index in [1.807, 2.05) is 36.4 Å². The van der Waals surface area contributed by atoms with Crippen LogP contribution < -0.4 is 14.5 Å². The zero-order valence-corrected chi connectivity index (χ0v) is 44.8. The maximum atomic E-state index is 8.77. The summed E-state index contributed by atoms with van der Waals surface area (Å²) in [5.74, 6) is 1.80. The van der Waals surface area contributed by atoms with Gasteiger partial charge in [0, 0.05) is 56.3 Å². The Balaban J connectivity index is 0.825. The largest absolute Gasteiger partial charge is 0.457 e. The fraction of sp³-hybridized carbons (Fsp3) is 0.133. The first kappa shape index (κ1) is 43.5. The van der Waals surface area contributed by atoms with Gasteiger partial charge in [0.15, 0.2) is 0 Å². The van der Waals surface area contributed by atoms with Gasteiger partial charge in [-0.2, -0.15) is 0 Å². The van der Waals surface area contributed by atoms with E-state index in [0.29, 0.717) is 29.5 Å². The fourth-order valence-electron chi connectivity index (χ4n) is 15.0. The van der Waals surface area contributed by atoms with Crippen molar-refractivity contribution in [3.05, 3.63) is 316 Å². The molecule has 3 heterocycles. The number of anilines is 3. The van der Waals surface area contributed by atoms with Crippen LogP contribution in [0, 0.1) is 6.85 Å². The Morgan fingerprint density at radius 2 is 1.10 bits per heavy atom. The number of hydrogen-bond acceptors (Lipinski definition) is 4. The van der Waals surface area contributed by atoms with E-state index in [1.54, 1.807) is 12.3 Å². The predicted octanol–water partition coefficient (Wildman–Crippen LogP) is 18.0. The summed E-state index contributed by atoms with van der Waals surface area (Å²) < 4.78 is 35.3. The number of benzene rings is 10. The lowest BCUT2D eigenvalue weighted by Crippen LogP contribution is -2.61. The molecule has 0 spiro atoms. The second-order valence-corrected chi connectivity index (χ2v) is 23.2. The molecule has 7 aliphatic rings. The molecule has 0 unspecified atom stereocenters. The molecule has 0 N–H and O–H groups in total. The molecule has 4 bridgehead atoms. The van der Waals surface area contributed by atoms with Gasteiger partial charge < -0.3 is 14.5 Å². The standard InChI is InChI=1S/C75H58N4O/c1-48-43-70(76-46-61(48)49-37-39-50(40-38-49)73(2,3)4)79-66-34-17-12-25-55(66)56-42-41-54(45-69(56)79)80-53-24-20-23-52(44-53)77-47-78(68-36-19-18-35-67(68)77)75-64-32-15-13-30-62(64)74(51-21-6-5-7-22-51,63-31-14-16-33-65(63)75)71-57-26-8-10-28-59(57)72(75)60-29-11-9-27-58(60)71/h5-46,71-72H,47H2,1-4H3/i1D3. The van der Waals surface area contributed by atoms with Crippen molar-refractivity contribution in [1.29, 1.82) is 0 Å². The second-order valence-electron chi connectivity index (χ2n) is 23.2. The first-order chi connectivity index (χ1) is 40.4. The van der Waals surface area contributed by atoms with Crippen LogP contribution in [0.15, 0.2) is 255 Å². The summed E-state index contributed by atoms with van der Waals surface area (Å²) in [4.78, 5) is 10.2. The summed E-state index contributed by atoms with van der Waals surface area (Å²) in [6, 6.07) is 90.5. The lowest BCUT2D eigenvalue weighted by atomic mass is 9.43.